The third-order valence-electron chi connectivity index (χ3n) is 5.10. The summed E-state index contributed by atoms with van der Waals surface area (Å²) in [5, 5.41) is 9.79. The van der Waals surface area contributed by atoms with E-state index >= 15 is 0 Å². The zero-order chi connectivity index (χ0) is 19.9. The van der Waals surface area contributed by atoms with Gasteiger partial charge < -0.3 is 5.32 Å². The van der Waals surface area contributed by atoms with Gasteiger partial charge in [-0.3, -0.25) is 9.58 Å². The van der Waals surface area contributed by atoms with E-state index in [1.165, 1.54) is 0 Å². The van der Waals surface area contributed by atoms with E-state index in [4.69, 9.17) is 0 Å². The van der Waals surface area contributed by atoms with Crippen LogP contribution in [0.1, 0.15) is 13.8 Å². The maximum Gasteiger partial charge on any atom is 0.130 e. The average Bonchev–Trinajstić information content (AvgIpc) is 3.02. The van der Waals surface area contributed by atoms with Crippen molar-refractivity contribution in [2.45, 2.75) is 19.5 Å². The Morgan fingerprint density at radius 2 is 2.00 bits per heavy atom. The molecule has 0 atom stereocenters. The summed E-state index contributed by atoms with van der Waals surface area (Å²) in [5.41, 5.74) is 1.99. The minimum absolute atomic E-state index is 0.321. The molecule has 4 rings (SSSR count). The number of hydrogen-bond acceptors (Lipinski definition) is 4. The summed E-state index contributed by atoms with van der Waals surface area (Å²) in [6.45, 7) is 9.53. The van der Waals surface area contributed by atoms with Crippen LogP contribution in [-0.4, -0.2) is 45.0 Å². The van der Waals surface area contributed by atoms with Gasteiger partial charge in [-0.2, -0.15) is 5.10 Å². The van der Waals surface area contributed by atoms with Crippen molar-refractivity contribution in [3.63, 3.8) is 0 Å². The average molecular weight is 379 g/mol. The fourth-order valence-corrected chi connectivity index (χ4v) is 3.68. The van der Waals surface area contributed by atoms with Gasteiger partial charge in [0, 0.05) is 61.6 Å². The fraction of sp³-hybridized carbons (Fsp3) is 0.364. The minimum Gasteiger partial charge on any atom is -0.344 e. The van der Waals surface area contributed by atoms with E-state index in [0.29, 0.717) is 12.5 Å². The molecule has 6 heteroatoms. The monoisotopic (exact) mass is 379 g/mol. The highest BCUT2D eigenvalue weighted by Crippen LogP contribution is 2.28. The summed E-state index contributed by atoms with van der Waals surface area (Å²) in [6.07, 6.45) is 5.74. The van der Waals surface area contributed by atoms with Gasteiger partial charge in [0.05, 0.1) is 6.20 Å². The predicted octanol–water partition coefficient (Wildman–Crippen LogP) is 4.24. The van der Waals surface area contributed by atoms with Gasteiger partial charge in [-0.05, 0) is 36.9 Å². The van der Waals surface area contributed by atoms with Crippen LogP contribution in [0.3, 0.4) is 0 Å². The molecule has 146 valence electrons. The third kappa shape index (κ3) is 4.07. The normalized spacial score (nSPS) is 15.6. The van der Waals surface area contributed by atoms with Gasteiger partial charge in [0.25, 0.3) is 0 Å². The molecule has 3 heterocycles. The van der Waals surface area contributed by atoms with Crippen molar-refractivity contribution in [2.75, 3.05) is 25.0 Å². The Balaban J connectivity index is 1.45. The van der Waals surface area contributed by atoms with Crippen LogP contribution in [0.5, 0.6) is 0 Å². The fourth-order valence-electron chi connectivity index (χ4n) is 3.68. The lowest BCUT2D eigenvalue weighted by Gasteiger charge is -2.42. The number of nitrogens with zero attached hydrogens (tertiary/aromatic N) is 4. The van der Waals surface area contributed by atoms with E-state index in [1.54, 1.807) is 18.5 Å². The molecule has 1 N–H and O–H groups in total. The maximum atomic E-state index is 13.7. The number of rotatable bonds is 6. The first-order chi connectivity index (χ1) is 13.3. The number of fused-ring (bicyclic) bond motifs is 1. The molecule has 5 nitrogen and oxygen atoms in total. The van der Waals surface area contributed by atoms with Gasteiger partial charge in [0.15, 0.2) is 0 Å². The van der Waals surface area contributed by atoms with Gasteiger partial charge >= 0.3 is 0 Å². The summed E-state index contributed by atoms with van der Waals surface area (Å²) in [7, 11) is 1.91. The first kappa shape index (κ1) is 18.6. The first-order valence-corrected chi connectivity index (χ1v) is 9.53. The SMILES string of the molecule is C=C(Nc1cc2cc(-c3cnn(C)c3)ccc2cn1)C1CN(CC(C)(C)F)C1. The van der Waals surface area contributed by atoms with Crippen LogP contribution in [0, 0.1) is 5.92 Å². The molecule has 1 aromatic carbocycles. The predicted molar refractivity (Wildman–Crippen MR) is 112 cm³/mol. The van der Waals surface area contributed by atoms with Gasteiger partial charge in [0.1, 0.15) is 11.5 Å². The molecule has 1 aliphatic rings. The summed E-state index contributed by atoms with van der Waals surface area (Å²) >= 11 is 0. The number of pyridine rings is 1. The molecule has 1 saturated heterocycles. The van der Waals surface area contributed by atoms with Gasteiger partial charge in [-0.25, -0.2) is 9.37 Å². The van der Waals surface area contributed by atoms with E-state index < -0.39 is 5.67 Å². The van der Waals surface area contributed by atoms with E-state index in [9.17, 15) is 4.39 Å². The quantitative estimate of drug-likeness (QED) is 0.696. The number of nitrogens with one attached hydrogen (secondary N) is 1. The number of halogens is 1. The molecule has 1 fully saturated rings. The van der Waals surface area contributed by atoms with E-state index in [-0.39, 0.29) is 0 Å². The second-order valence-corrected chi connectivity index (χ2v) is 8.29. The van der Waals surface area contributed by atoms with E-state index in [2.05, 4.69) is 45.1 Å². The van der Waals surface area contributed by atoms with E-state index in [0.717, 1.165) is 46.5 Å². The summed E-state index contributed by atoms with van der Waals surface area (Å²) in [6, 6.07) is 8.35. The Labute approximate surface area is 164 Å². The van der Waals surface area contributed by atoms with Crippen LogP contribution < -0.4 is 5.32 Å². The van der Waals surface area contributed by atoms with Crippen LogP contribution in [0.2, 0.25) is 0 Å². The molecule has 0 aliphatic carbocycles. The second kappa shape index (κ2) is 7.02. The molecule has 0 spiro atoms. The molecule has 1 aliphatic heterocycles. The number of anilines is 1. The standard InChI is InChI=1S/C22H26FN5/c1-15(20-12-28(13-20)14-22(2,3)23)26-21-8-18-7-16(5-6-17(18)9-24-21)19-10-25-27(4)11-19/h5-11,20H,1,12-14H2,2-4H3,(H,24,26). The topological polar surface area (TPSA) is 46.0 Å². The van der Waals surface area contributed by atoms with Crippen LogP contribution in [0.4, 0.5) is 10.2 Å². The van der Waals surface area contributed by atoms with Crippen LogP contribution in [0.25, 0.3) is 21.9 Å². The van der Waals surface area contributed by atoms with Crippen molar-refractivity contribution in [1.29, 1.82) is 0 Å². The Hall–Kier alpha value is -2.73. The van der Waals surface area contributed by atoms with Crippen molar-refractivity contribution < 1.29 is 4.39 Å². The molecule has 0 radical (unpaired) electrons. The molecule has 28 heavy (non-hydrogen) atoms. The molecule has 0 amide bonds. The summed E-state index contributed by atoms with van der Waals surface area (Å²) in [4.78, 5) is 6.63. The lowest BCUT2D eigenvalue weighted by Crippen LogP contribution is -2.52. The summed E-state index contributed by atoms with van der Waals surface area (Å²) < 4.78 is 15.5. The van der Waals surface area contributed by atoms with Crippen molar-refractivity contribution in [3.05, 3.63) is 55.1 Å². The highest BCUT2D eigenvalue weighted by molar-refractivity contribution is 5.88. The van der Waals surface area contributed by atoms with Crippen molar-refractivity contribution in [3.8, 4) is 11.1 Å². The molecule has 0 bridgehead atoms. The Kier molecular flexibility index (Phi) is 4.67. The number of benzene rings is 1. The highest BCUT2D eigenvalue weighted by atomic mass is 19.1. The highest BCUT2D eigenvalue weighted by Gasteiger charge is 2.33. The van der Waals surface area contributed by atoms with Gasteiger partial charge in [-0.1, -0.05) is 18.7 Å². The number of alkyl halides is 1. The van der Waals surface area contributed by atoms with Crippen LogP contribution >= 0.6 is 0 Å². The number of likely N-dealkylation sites (tertiary alicyclic amines) is 1. The van der Waals surface area contributed by atoms with E-state index in [1.807, 2.05) is 31.7 Å². The molecule has 0 unspecified atom stereocenters. The van der Waals surface area contributed by atoms with Gasteiger partial charge in [0.2, 0.25) is 0 Å². The molecule has 2 aromatic heterocycles. The smallest absolute Gasteiger partial charge is 0.130 e. The Bertz CT molecular complexity index is 1010. The zero-order valence-electron chi connectivity index (χ0n) is 16.6. The lowest BCUT2D eigenvalue weighted by atomic mass is 9.95. The van der Waals surface area contributed by atoms with Gasteiger partial charge in [-0.15, -0.1) is 0 Å². The minimum atomic E-state index is -1.16. The zero-order valence-corrected chi connectivity index (χ0v) is 16.6. The second-order valence-electron chi connectivity index (χ2n) is 8.29. The maximum absolute atomic E-state index is 13.7. The number of hydrogen-bond donors (Lipinski definition) is 1. The molecule has 0 saturated carbocycles. The first-order valence-electron chi connectivity index (χ1n) is 9.53. The van der Waals surface area contributed by atoms with Crippen LogP contribution in [-0.2, 0) is 7.05 Å². The largest absolute Gasteiger partial charge is 0.344 e. The molecular weight excluding hydrogens is 353 g/mol. The third-order valence-corrected chi connectivity index (χ3v) is 5.10. The Morgan fingerprint density at radius 1 is 1.21 bits per heavy atom. The van der Waals surface area contributed by atoms with Crippen molar-refractivity contribution in [2.24, 2.45) is 13.0 Å². The molecule has 3 aromatic rings. The van der Waals surface area contributed by atoms with Crippen molar-refractivity contribution >= 4 is 16.6 Å². The summed E-state index contributed by atoms with van der Waals surface area (Å²) in [5.74, 6) is 1.10. The molecular formula is C22H26FN5. The Morgan fingerprint density at radius 3 is 2.68 bits per heavy atom. The number of aromatic nitrogens is 3. The lowest BCUT2D eigenvalue weighted by molar-refractivity contribution is 0.0544. The van der Waals surface area contributed by atoms with Crippen LogP contribution in [0.15, 0.2) is 55.1 Å². The number of aryl methyl sites for hydroxylation is 1. The van der Waals surface area contributed by atoms with Crippen molar-refractivity contribution in [1.82, 2.24) is 19.7 Å².